The van der Waals surface area contributed by atoms with E-state index in [9.17, 15) is 8.78 Å². The summed E-state index contributed by atoms with van der Waals surface area (Å²) in [7, 11) is 1.94. The Hall–Kier alpha value is -0.180. The van der Waals surface area contributed by atoms with Crippen molar-refractivity contribution < 1.29 is 8.78 Å². The number of halogens is 2. The Labute approximate surface area is 78.1 Å². The molecule has 76 valence electrons. The molecule has 3 heteroatoms. The highest BCUT2D eigenvalue weighted by Gasteiger charge is 2.61. The van der Waals surface area contributed by atoms with Crippen LogP contribution in [0.4, 0.5) is 8.78 Å². The van der Waals surface area contributed by atoms with Crippen molar-refractivity contribution in [3.63, 3.8) is 0 Å². The van der Waals surface area contributed by atoms with Gasteiger partial charge in [0.1, 0.15) is 0 Å². The zero-order valence-corrected chi connectivity index (χ0v) is 8.32. The third-order valence-corrected chi connectivity index (χ3v) is 3.63. The topological polar surface area (TPSA) is 3.24 Å². The van der Waals surface area contributed by atoms with Gasteiger partial charge in [-0.05, 0) is 25.8 Å². The maximum absolute atomic E-state index is 13.6. The van der Waals surface area contributed by atoms with Crippen LogP contribution in [0.15, 0.2) is 0 Å². The first-order valence-electron chi connectivity index (χ1n) is 5.02. The largest absolute Gasteiger partial charge is 0.305 e. The van der Waals surface area contributed by atoms with Crippen LogP contribution in [0.5, 0.6) is 0 Å². The molecule has 2 fully saturated rings. The van der Waals surface area contributed by atoms with Gasteiger partial charge < -0.3 is 4.90 Å². The lowest BCUT2D eigenvalue weighted by Gasteiger charge is -2.55. The van der Waals surface area contributed by atoms with Crippen LogP contribution in [0.3, 0.4) is 0 Å². The average Bonchev–Trinajstić information content (AvgIpc) is 1.95. The highest BCUT2D eigenvalue weighted by molar-refractivity contribution is 5.05. The molecule has 0 aromatic rings. The molecule has 1 aliphatic heterocycles. The summed E-state index contributed by atoms with van der Waals surface area (Å²) in [6.07, 6.45) is 1.48. The lowest BCUT2D eigenvalue weighted by Crippen LogP contribution is -2.60. The third kappa shape index (κ3) is 1.28. The Kier molecular flexibility index (Phi) is 1.92. The fourth-order valence-corrected chi connectivity index (χ4v) is 3.01. The molecule has 0 radical (unpaired) electrons. The van der Waals surface area contributed by atoms with Gasteiger partial charge in [-0.3, -0.25) is 0 Å². The first-order chi connectivity index (χ1) is 5.95. The van der Waals surface area contributed by atoms with Crippen molar-refractivity contribution in [3.8, 4) is 0 Å². The van der Waals surface area contributed by atoms with Crippen LogP contribution in [0.2, 0.25) is 0 Å². The number of rotatable bonds is 0. The molecule has 0 amide bonds. The monoisotopic (exact) mass is 189 g/mol. The molecule has 1 nitrogen and oxygen atoms in total. The molecule has 1 saturated carbocycles. The number of nitrogens with zero attached hydrogens (tertiary/aromatic N) is 1. The fourth-order valence-electron chi connectivity index (χ4n) is 3.01. The Morgan fingerprint density at radius 1 is 1.31 bits per heavy atom. The molecule has 1 heterocycles. The van der Waals surface area contributed by atoms with E-state index in [1.807, 2.05) is 11.9 Å². The predicted molar refractivity (Wildman–Crippen MR) is 47.9 cm³/mol. The van der Waals surface area contributed by atoms with E-state index in [1.165, 1.54) is 0 Å². The maximum atomic E-state index is 13.6. The quantitative estimate of drug-likeness (QED) is 0.565. The molecule has 0 bridgehead atoms. The molecule has 1 spiro atoms. The number of hydrogen-bond acceptors (Lipinski definition) is 1. The molecule has 0 aromatic heterocycles. The molecule has 0 N–H and O–H groups in total. The van der Waals surface area contributed by atoms with Gasteiger partial charge in [0, 0.05) is 24.9 Å². The maximum Gasteiger partial charge on any atom is 0.256 e. The van der Waals surface area contributed by atoms with E-state index in [-0.39, 0.29) is 6.42 Å². The minimum absolute atomic E-state index is 0.0518. The summed E-state index contributed by atoms with van der Waals surface area (Å²) in [6.45, 7) is 3.20. The van der Waals surface area contributed by atoms with Gasteiger partial charge in [0.25, 0.3) is 5.92 Å². The van der Waals surface area contributed by atoms with Crippen molar-refractivity contribution in [1.29, 1.82) is 0 Å². The number of piperidine rings is 1. The summed E-state index contributed by atoms with van der Waals surface area (Å²) in [4.78, 5) is 2.04. The third-order valence-electron chi connectivity index (χ3n) is 3.63. The van der Waals surface area contributed by atoms with E-state index < -0.39 is 11.3 Å². The molecule has 1 aliphatic carbocycles. The molecule has 2 aliphatic rings. The number of likely N-dealkylation sites (tertiary alicyclic amines) is 1. The SMILES string of the molecule is CC1CC2(C1)CN(C)CCC2(F)F. The van der Waals surface area contributed by atoms with Gasteiger partial charge in [-0.1, -0.05) is 6.92 Å². The number of hydrogen-bond donors (Lipinski definition) is 0. The van der Waals surface area contributed by atoms with E-state index in [0.29, 0.717) is 31.8 Å². The van der Waals surface area contributed by atoms with Crippen LogP contribution in [-0.4, -0.2) is 31.0 Å². The van der Waals surface area contributed by atoms with Gasteiger partial charge in [0.2, 0.25) is 0 Å². The smallest absolute Gasteiger partial charge is 0.256 e. The zero-order valence-electron chi connectivity index (χ0n) is 8.32. The second-order valence-electron chi connectivity index (χ2n) is 4.99. The van der Waals surface area contributed by atoms with Gasteiger partial charge in [-0.2, -0.15) is 0 Å². The molecule has 0 aromatic carbocycles. The van der Waals surface area contributed by atoms with Crippen LogP contribution in [0.25, 0.3) is 0 Å². The molecular weight excluding hydrogens is 172 g/mol. The Morgan fingerprint density at radius 3 is 2.46 bits per heavy atom. The minimum Gasteiger partial charge on any atom is -0.305 e. The zero-order chi connectivity index (χ0) is 9.69. The van der Waals surface area contributed by atoms with Crippen LogP contribution in [0.1, 0.15) is 26.2 Å². The summed E-state index contributed by atoms with van der Waals surface area (Å²) < 4.78 is 27.2. The van der Waals surface area contributed by atoms with Gasteiger partial charge >= 0.3 is 0 Å². The van der Waals surface area contributed by atoms with E-state index in [1.54, 1.807) is 0 Å². The van der Waals surface area contributed by atoms with Crippen molar-refractivity contribution in [2.75, 3.05) is 20.1 Å². The standard InChI is InChI=1S/C10H17F2N/c1-8-5-9(6-8)7-13(2)4-3-10(9,11)12/h8H,3-7H2,1-2H3. The van der Waals surface area contributed by atoms with Crippen molar-refractivity contribution in [1.82, 2.24) is 4.90 Å². The summed E-state index contributed by atoms with van der Waals surface area (Å²) in [5.74, 6) is -1.91. The van der Waals surface area contributed by atoms with Gasteiger partial charge in [0.05, 0.1) is 0 Å². The Bertz CT molecular complexity index is 209. The summed E-state index contributed by atoms with van der Waals surface area (Å²) in [5.41, 5.74) is -0.667. The molecule has 0 atom stereocenters. The van der Waals surface area contributed by atoms with Crippen molar-refractivity contribution in [2.45, 2.75) is 32.1 Å². The highest BCUT2D eigenvalue weighted by Crippen LogP contribution is 2.58. The van der Waals surface area contributed by atoms with Crippen molar-refractivity contribution >= 4 is 0 Å². The fraction of sp³-hybridized carbons (Fsp3) is 1.00. The molecule has 1 saturated heterocycles. The van der Waals surface area contributed by atoms with Crippen molar-refractivity contribution in [2.24, 2.45) is 11.3 Å². The first-order valence-corrected chi connectivity index (χ1v) is 5.02. The molecule has 2 rings (SSSR count). The Balaban J connectivity index is 2.14. The van der Waals surface area contributed by atoms with E-state index in [2.05, 4.69) is 6.92 Å². The first kappa shape index (κ1) is 9.38. The van der Waals surface area contributed by atoms with E-state index in [0.717, 1.165) is 0 Å². The molecule has 13 heavy (non-hydrogen) atoms. The van der Waals surface area contributed by atoms with Crippen LogP contribution < -0.4 is 0 Å². The second-order valence-corrected chi connectivity index (χ2v) is 4.99. The normalized spacial score (nSPS) is 44.8. The van der Waals surface area contributed by atoms with Gasteiger partial charge in [-0.15, -0.1) is 0 Å². The van der Waals surface area contributed by atoms with E-state index in [4.69, 9.17) is 0 Å². The second kappa shape index (κ2) is 2.66. The van der Waals surface area contributed by atoms with E-state index >= 15 is 0 Å². The van der Waals surface area contributed by atoms with Crippen LogP contribution >= 0.6 is 0 Å². The average molecular weight is 189 g/mol. The van der Waals surface area contributed by atoms with Gasteiger partial charge in [0.15, 0.2) is 0 Å². The predicted octanol–water partition coefficient (Wildman–Crippen LogP) is 2.37. The van der Waals surface area contributed by atoms with Crippen molar-refractivity contribution in [3.05, 3.63) is 0 Å². The molecular formula is C10H17F2N. The summed E-state index contributed by atoms with van der Waals surface area (Å²) in [6, 6.07) is 0. The lowest BCUT2D eigenvalue weighted by molar-refractivity contribution is -0.212. The Morgan fingerprint density at radius 2 is 1.92 bits per heavy atom. The highest BCUT2D eigenvalue weighted by atomic mass is 19.3. The lowest BCUT2D eigenvalue weighted by atomic mass is 9.57. The number of alkyl halides is 2. The van der Waals surface area contributed by atoms with Crippen LogP contribution in [-0.2, 0) is 0 Å². The van der Waals surface area contributed by atoms with Crippen LogP contribution in [0, 0.1) is 11.3 Å². The minimum atomic E-state index is -2.41. The summed E-state index contributed by atoms with van der Waals surface area (Å²) in [5, 5.41) is 0. The van der Waals surface area contributed by atoms with Gasteiger partial charge in [-0.25, -0.2) is 8.78 Å². The molecule has 0 unspecified atom stereocenters. The summed E-state index contributed by atoms with van der Waals surface area (Å²) >= 11 is 0.